The molecule has 0 bridgehead atoms. The SMILES string of the molecule is CN(C)CCn1c(Nc2c(Cl)cccc2Cl)nc2cc(C(=O)Nc3cc(Cl)ccn3)ccc21. The van der Waals surface area contributed by atoms with Gasteiger partial charge >= 0.3 is 0 Å². The maximum atomic E-state index is 12.8. The Morgan fingerprint density at radius 3 is 2.52 bits per heavy atom. The maximum Gasteiger partial charge on any atom is 0.256 e. The molecule has 0 spiro atoms. The van der Waals surface area contributed by atoms with Crippen molar-refractivity contribution in [1.82, 2.24) is 19.4 Å². The minimum absolute atomic E-state index is 0.307. The van der Waals surface area contributed by atoms with E-state index < -0.39 is 0 Å². The third-order valence-corrected chi connectivity index (χ3v) is 5.81. The first-order valence-corrected chi connectivity index (χ1v) is 11.2. The summed E-state index contributed by atoms with van der Waals surface area (Å²) in [6, 6.07) is 13.9. The number of fused-ring (bicyclic) bond motifs is 1. The summed E-state index contributed by atoms with van der Waals surface area (Å²) >= 11 is 18.7. The monoisotopic (exact) mass is 502 g/mol. The predicted octanol–water partition coefficient (Wildman–Crippen LogP) is 5.95. The minimum Gasteiger partial charge on any atom is -0.323 e. The molecule has 0 atom stereocenters. The van der Waals surface area contributed by atoms with Crippen molar-refractivity contribution in [1.29, 1.82) is 0 Å². The summed E-state index contributed by atoms with van der Waals surface area (Å²) in [4.78, 5) is 23.7. The number of hydrogen-bond acceptors (Lipinski definition) is 5. The number of nitrogens with one attached hydrogen (secondary N) is 2. The first-order chi connectivity index (χ1) is 15.8. The fourth-order valence-corrected chi connectivity index (χ4v) is 3.94. The number of rotatable bonds is 7. The third-order valence-electron chi connectivity index (χ3n) is 4.94. The zero-order chi connectivity index (χ0) is 23.5. The predicted molar refractivity (Wildman–Crippen MR) is 135 cm³/mol. The van der Waals surface area contributed by atoms with Crippen LogP contribution in [0.1, 0.15) is 10.4 Å². The quantitative estimate of drug-likeness (QED) is 0.326. The molecule has 10 heteroatoms. The Hall–Kier alpha value is -2.84. The largest absolute Gasteiger partial charge is 0.323 e. The van der Waals surface area contributed by atoms with Crippen molar-refractivity contribution >= 4 is 69.2 Å². The Morgan fingerprint density at radius 2 is 1.82 bits per heavy atom. The molecule has 33 heavy (non-hydrogen) atoms. The van der Waals surface area contributed by atoms with Crippen LogP contribution in [0, 0.1) is 0 Å². The molecule has 0 saturated heterocycles. The summed E-state index contributed by atoms with van der Waals surface area (Å²) in [5.41, 5.74) is 2.56. The number of nitrogens with zero attached hydrogens (tertiary/aromatic N) is 4. The van der Waals surface area contributed by atoms with Gasteiger partial charge in [-0.25, -0.2) is 9.97 Å². The first kappa shape index (κ1) is 23.3. The molecule has 2 aromatic carbocycles. The van der Waals surface area contributed by atoms with Gasteiger partial charge in [0, 0.05) is 29.9 Å². The molecule has 0 unspecified atom stereocenters. The number of carbonyl (C=O) groups excluding carboxylic acids is 1. The Kier molecular flexibility index (Phi) is 7.05. The number of anilines is 3. The molecule has 0 aliphatic carbocycles. The summed E-state index contributed by atoms with van der Waals surface area (Å²) in [5.74, 6) is 0.647. The van der Waals surface area contributed by atoms with Gasteiger partial charge in [0.05, 0.1) is 26.8 Å². The fourth-order valence-electron chi connectivity index (χ4n) is 3.28. The van der Waals surface area contributed by atoms with E-state index in [0.29, 0.717) is 50.1 Å². The van der Waals surface area contributed by atoms with Crippen molar-refractivity contribution in [2.24, 2.45) is 0 Å². The molecule has 0 fully saturated rings. The average molecular weight is 504 g/mol. The molecule has 2 N–H and O–H groups in total. The molecule has 170 valence electrons. The van der Waals surface area contributed by atoms with Crippen molar-refractivity contribution in [2.75, 3.05) is 31.3 Å². The Morgan fingerprint density at radius 1 is 1.06 bits per heavy atom. The fraction of sp³-hybridized carbons (Fsp3) is 0.174. The number of aromatic nitrogens is 3. The molecule has 1 amide bonds. The van der Waals surface area contributed by atoms with Gasteiger partial charge in [-0.1, -0.05) is 40.9 Å². The molecule has 2 heterocycles. The highest BCUT2D eigenvalue weighted by Crippen LogP contribution is 2.33. The van der Waals surface area contributed by atoms with Crippen LogP contribution < -0.4 is 10.6 Å². The van der Waals surface area contributed by atoms with Crippen LogP contribution in [0.3, 0.4) is 0 Å². The van der Waals surface area contributed by atoms with Crippen LogP contribution in [0.15, 0.2) is 54.7 Å². The van der Waals surface area contributed by atoms with Crippen molar-refractivity contribution < 1.29 is 4.79 Å². The van der Waals surface area contributed by atoms with Crippen LogP contribution in [0.4, 0.5) is 17.5 Å². The number of hydrogen-bond donors (Lipinski definition) is 2. The number of pyridine rings is 1. The number of imidazole rings is 1. The molecule has 2 aromatic heterocycles. The second-order valence-corrected chi connectivity index (χ2v) is 8.88. The maximum absolute atomic E-state index is 12.8. The Bertz CT molecular complexity index is 1300. The van der Waals surface area contributed by atoms with Gasteiger partial charge in [-0.3, -0.25) is 4.79 Å². The summed E-state index contributed by atoms with van der Waals surface area (Å²) < 4.78 is 2.04. The zero-order valence-corrected chi connectivity index (χ0v) is 20.2. The van der Waals surface area contributed by atoms with Gasteiger partial charge in [-0.2, -0.15) is 0 Å². The molecule has 4 rings (SSSR count). The van der Waals surface area contributed by atoms with Crippen molar-refractivity contribution in [3.63, 3.8) is 0 Å². The third kappa shape index (κ3) is 5.39. The van der Waals surface area contributed by atoms with Crippen molar-refractivity contribution in [3.05, 3.63) is 75.4 Å². The molecule has 0 aliphatic rings. The topological polar surface area (TPSA) is 75.1 Å². The summed E-state index contributed by atoms with van der Waals surface area (Å²) in [6.45, 7) is 1.46. The molecule has 0 aliphatic heterocycles. The van der Waals surface area contributed by atoms with E-state index in [1.54, 1.807) is 42.5 Å². The van der Waals surface area contributed by atoms with Gasteiger partial charge in [0.1, 0.15) is 5.82 Å². The van der Waals surface area contributed by atoms with E-state index in [0.717, 1.165) is 12.1 Å². The molecular weight excluding hydrogens is 483 g/mol. The summed E-state index contributed by atoms with van der Waals surface area (Å²) in [5, 5.41) is 7.48. The lowest BCUT2D eigenvalue weighted by molar-refractivity contribution is 0.102. The van der Waals surface area contributed by atoms with E-state index in [2.05, 4.69) is 20.5 Å². The summed E-state index contributed by atoms with van der Waals surface area (Å²) in [6.07, 6.45) is 1.53. The zero-order valence-electron chi connectivity index (χ0n) is 17.9. The van der Waals surface area contributed by atoms with E-state index in [4.69, 9.17) is 39.8 Å². The van der Waals surface area contributed by atoms with E-state index in [-0.39, 0.29) is 5.91 Å². The second kappa shape index (κ2) is 9.97. The molecule has 4 aromatic rings. The van der Waals surface area contributed by atoms with E-state index in [1.807, 2.05) is 24.7 Å². The highest BCUT2D eigenvalue weighted by Gasteiger charge is 2.16. The normalized spacial score (nSPS) is 11.2. The van der Waals surface area contributed by atoms with Crippen molar-refractivity contribution in [2.45, 2.75) is 6.54 Å². The van der Waals surface area contributed by atoms with Crippen LogP contribution in [-0.4, -0.2) is 46.0 Å². The lowest BCUT2D eigenvalue weighted by Crippen LogP contribution is -2.19. The highest BCUT2D eigenvalue weighted by atomic mass is 35.5. The van der Waals surface area contributed by atoms with Crippen LogP contribution in [0.2, 0.25) is 15.1 Å². The molecular formula is C23H21Cl3N6O. The molecule has 0 saturated carbocycles. The number of benzene rings is 2. The van der Waals surface area contributed by atoms with Gasteiger partial charge in [0.25, 0.3) is 5.91 Å². The molecule has 7 nitrogen and oxygen atoms in total. The molecule has 0 radical (unpaired) electrons. The summed E-state index contributed by atoms with van der Waals surface area (Å²) in [7, 11) is 4.01. The number of para-hydroxylation sites is 1. The average Bonchev–Trinajstić information content (AvgIpc) is 3.11. The first-order valence-electron chi connectivity index (χ1n) is 10.1. The van der Waals surface area contributed by atoms with Gasteiger partial charge < -0.3 is 20.1 Å². The standard InChI is InChI=1S/C23H21Cl3N6O/c1-31(2)10-11-32-19-7-6-14(22(33)29-20-13-15(24)8-9-27-20)12-18(19)28-23(32)30-21-16(25)4-3-5-17(21)26/h3-9,12-13H,10-11H2,1-2H3,(H,28,30)(H,27,29,33). The Labute approximate surface area is 206 Å². The van der Waals surface area contributed by atoms with E-state index in [9.17, 15) is 4.79 Å². The second-order valence-electron chi connectivity index (χ2n) is 7.63. The van der Waals surface area contributed by atoms with Gasteiger partial charge in [0.2, 0.25) is 5.95 Å². The van der Waals surface area contributed by atoms with Crippen LogP contribution in [-0.2, 0) is 6.54 Å². The van der Waals surface area contributed by atoms with Crippen LogP contribution in [0.5, 0.6) is 0 Å². The van der Waals surface area contributed by atoms with Crippen molar-refractivity contribution in [3.8, 4) is 0 Å². The number of likely N-dealkylation sites (N-methyl/N-ethyl adjacent to an activating group) is 1. The van der Waals surface area contributed by atoms with E-state index in [1.165, 1.54) is 6.20 Å². The van der Waals surface area contributed by atoms with Gasteiger partial charge in [-0.05, 0) is 56.6 Å². The van der Waals surface area contributed by atoms with Gasteiger partial charge in [-0.15, -0.1) is 0 Å². The van der Waals surface area contributed by atoms with Crippen LogP contribution in [0.25, 0.3) is 11.0 Å². The highest BCUT2D eigenvalue weighted by molar-refractivity contribution is 6.39. The number of halogens is 3. The number of carbonyl (C=O) groups is 1. The number of amides is 1. The Balaban J connectivity index is 1.69. The minimum atomic E-state index is -0.307. The van der Waals surface area contributed by atoms with E-state index >= 15 is 0 Å². The lowest BCUT2D eigenvalue weighted by atomic mass is 10.2. The lowest BCUT2D eigenvalue weighted by Gasteiger charge is -2.15. The smallest absolute Gasteiger partial charge is 0.256 e. The van der Waals surface area contributed by atoms with Crippen LogP contribution >= 0.6 is 34.8 Å². The van der Waals surface area contributed by atoms with Gasteiger partial charge in [0.15, 0.2) is 0 Å².